The Kier molecular flexibility index (Phi) is 5.98. The van der Waals surface area contributed by atoms with Crippen molar-refractivity contribution in [2.24, 2.45) is 5.41 Å². The average molecular weight is 282 g/mol. The Balaban J connectivity index is 2.74. The molecule has 114 valence electrons. The van der Waals surface area contributed by atoms with Crippen LogP contribution in [0.1, 0.15) is 48.0 Å². The van der Waals surface area contributed by atoms with Crippen LogP contribution < -0.4 is 14.8 Å². The molecule has 20 heavy (non-hydrogen) atoms. The summed E-state index contributed by atoms with van der Waals surface area (Å²) in [6, 6.07) is 0.590. The highest BCUT2D eigenvalue weighted by Gasteiger charge is 2.13. The van der Waals surface area contributed by atoms with E-state index in [2.05, 4.69) is 41.0 Å². The Morgan fingerprint density at radius 2 is 1.75 bits per heavy atom. The summed E-state index contributed by atoms with van der Waals surface area (Å²) in [6.45, 7) is 13.6. The number of hydrogen-bond donors (Lipinski definition) is 1. The first-order valence-corrected chi connectivity index (χ1v) is 7.09. The van der Waals surface area contributed by atoms with E-state index in [4.69, 9.17) is 9.47 Å². The van der Waals surface area contributed by atoms with E-state index >= 15 is 0 Å². The van der Waals surface area contributed by atoms with Crippen LogP contribution in [0.2, 0.25) is 0 Å². The van der Waals surface area contributed by atoms with Gasteiger partial charge in [0.25, 0.3) is 0 Å². The molecule has 0 aliphatic heterocycles. The second-order valence-corrected chi connectivity index (χ2v) is 6.08. The van der Waals surface area contributed by atoms with Crippen molar-refractivity contribution in [2.75, 3.05) is 18.5 Å². The van der Waals surface area contributed by atoms with Crippen LogP contribution in [0.25, 0.3) is 0 Å². The van der Waals surface area contributed by atoms with Crippen molar-refractivity contribution < 1.29 is 9.47 Å². The fourth-order valence-corrected chi connectivity index (χ4v) is 1.35. The lowest BCUT2D eigenvalue weighted by molar-refractivity contribution is 0.203. The molecule has 0 aliphatic rings. The molecule has 0 saturated carbocycles. The molecule has 0 saturated heterocycles. The Labute approximate surface area is 121 Å². The predicted octanol–water partition coefficient (Wildman–Crippen LogP) is 2.91. The highest BCUT2D eigenvalue weighted by Crippen LogP contribution is 2.19. The third kappa shape index (κ3) is 6.54. The Morgan fingerprint density at radius 3 is 2.30 bits per heavy atom. The van der Waals surface area contributed by atoms with Crippen LogP contribution in [0.3, 0.4) is 0 Å². The molecular formula is C14H26N4O2. The number of aromatic nitrogens is 3. The third-order valence-corrected chi connectivity index (χ3v) is 2.35. The summed E-state index contributed by atoms with van der Waals surface area (Å²) in [6.07, 6.45) is 0.935. The first kappa shape index (κ1) is 16.5. The van der Waals surface area contributed by atoms with Gasteiger partial charge in [0.2, 0.25) is 5.95 Å². The summed E-state index contributed by atoms with van der Waals surface area (Å²) in [4.78, 5) is 12.6. The van der Waals surface area contributed by atoms with Gasteiger partial charge in [-0.05, 0) is 32.6 Å². The molecule has 1 aromatic rings. The Hall–Kier alpha value is -1.59. The van der Waals surface area contributed by atoms with E-state index in [9.17, 15) is 0 Å². The van der Waals surface area contributed by atoms with Crippen molar-refractivity contribution >= 4 is 5.95 Å². The molecule has 1 heterocycles. The predicted molar refractivity (Wildman–Crippen MR) is 79.3 cm³/mol. The number of ether oxygens (including phenoxy) is 2. The molecule has 0 aliphatic carbocycles. The molecule has 0 atom stereocenters. The highest BCUT2D eigenvalue weighted by atomic mass is 16.5. The fourth-order valence-electron chi connectivity index (χ4n) is 1.35. The first-order valence-electron chi connectivity index (χ1n) is 7.09. The van der Waals surface area contributed by atoms with Crippen LogP contribution in [-0.2, 0) is 0 Å². The van der Waals surface area contributed by atoms with Crippen molar-refractivity contribution in [3.8, 4) is 12.0 Å². The molecule has 0 aromatic carbocycles. The smallest absolute Gasteiger partial charge is 0.324 e. The first-order chi connectivity index (χ1) is 9.30. The standard InChI is InChI=1S/C14H26N4O2/c1-7-15-11-16-12(19-9-8-14(4,5)6)18-13(17-11)20-10(2)3/h10H,7-9H2,1-6H3,(H,15,16,17,18). The summed E-state index contributed by atoms with van der Waals surface area (Å²) < 4.78 is 11.1. The van der Waals surface area contributed by atoms with Gasteiger partial charge in [-0.1, -0.05) is 20.8 Å². The fraction of sp³-hybridized carbons (Fsp3) is 0.786. The molecule has 0 spiro atoms. The molecule has 6 nitrogen and oxygen atoms in total. The normalized spacial score (nSPS) is 11.6. The van der Waals surface area contributed by atoms with E-state index in [1.165, 1.54) is 0 Å². The quantitative estimate of drug-likeness (QED) is 0.829. The lowest BCUT2D eigenvalue weighted by atomic mass is 9.93. The van der Waals surface area contributed by atoms with Gasteiger partial charge in [0.1, 0.15) is 0 Å². The lowest BCUT2D eigenvalue weighted by Crippen LogP contribution is -2.15. The molecular weight excluding hydrogens is 256 g/mol. The van der Waals surface area contributed by atoms with Crippen molar-refractivity contribution in [1.82, 2.24) is 15.0 Å². The molecule has 0 unspecified atom stereocenters. The van der Waals surface area contributed by atoms with Crippen LogP contribution in [-0.4, -0.2) is 34.2 Å². The highest BCUT2D eigenvalue weighted by molar-refractivity contribution is 5.27. The van der Waals surface area contributed by atoms with Gasteiger partial charge in [0, 0.05) is 6.54 Å². The maximum Gasteiger partial charge on any atom is 0.324 e. The second-order valence-electron chi connectivity index (χ2n) is 6.08. The molecule has 1 N–H and O–H groups in total. The number of nitrogens with one attached hydrogen (secondary N) is 1. The van der Waals surface area contributed by atoms with Gasteiger partial charge >= 0.3 is 12.0 Å². The van der Waals surface area contributed by atoms with Gasteiger partial charge in [-0.25, -0.2) is 0 Å². The molecule has 0 radical (unpaired) electrons. The minimum Gasteiger partial charge on any atom is -0.463 e. The summed E-state index contributed by atoms with van der Waals surface area (Å²) in [5.41, 5.74) is 0.217. The summed E-state index contributed by atoms with van der Waals surface area (Å²) in [7, 11) is 0. The van der Waals surface area contributed by atoms with Gasteiger partial charge in [-0.2, -0.15) is 9.97 Å². The minimum atomic E-state index is 0.00861. The Bertz CT molecular complexity index is 416. The summed E-state index contributed by atoms with van der Waals surface area (Å²) in [5, 5.41) is 3.05. The van der Waals surface area contributed by atoms with Gasteiger partial charge < -0.3 is 14.8 Å². The Morgan fingerprint density at radius 1 is 1.10 bits per heavy atom. The van der Waals surface area contributed by atoms with Crippen LogP contribution in [0.4, 0.5) is 5.95 Å². The monoisotopic (exact) mass is 282 g/mol. The molecule has 1 aromatic heterocycles. The molecule has 0 fully saturated rings. The van der Waals surface area contributed by atoms with E-state index in [1.807, 2.05) is 20.8 Å². The van der Waals surface area contributed by atoms with Crippen molar-refractivity contribution in [3.63, 3.8) is 0 Å². The van der Waals surface area contributed by atoms with Crippen molar-refractivity contribution in [1.29, 1.82) is 0 Å². The van der Waals surface area contributed by atoms with Crippen molar-refractivity contribution in [3.05, 3.63) is 0 Å². The summed E-state index contributed by atoms with van der Waals surface area (Å²) >= 11 is 0. The van der Waals surface area contributed by atoms with E-state index in [0.717, 1.165) is 13.0 Å². The van der Waals surface area contributed by atoms with E-state index in [0.29, 0.717) is 18.6 Å². The van der Waals surface area contributed by atoms with E-state index < -0.39 is 0 Å². The zero-order valence-electron chi connectivity index (χ0n) is 13.4. The van der Waals surface area contributed by atoms with Crippen LogP contribution in [0.15, 0.2) is 0 Å². The summed E-state index contributed by atoms with van der Waals surface area (Å²) in [5.74, 6) is 0.476. The van der Waals surface area contributed by atoms with Crippen LogP contribution >= 0.6 is 0 Å². The van der Waals surface area contributed by atoms with E-state index in [1.54, 1.807) is 0 Å². The van der Waals surface area contributed by atoms with E-state index in [-0.39, 0.29) is 17.5 Å². The maximum atomic E-state index is 5.61. The average Bonchev–Trinajstić information content (AvgIpc) is 2.26. The maximum absolute atomic E-state index is 5.61. The van der Waals surface area contributed by atoms with Gasteiger partial charge in [0.15, 0.2) is 0 Å². The zero-order valence-corrected chi connectivity index (χ0v) is 13.4. The number of rotatable bonds is 7. The molecule has 1 rings (SSSR count). The molecule has 0 bridgehead atoms. The lowest BCUT2D eigenvalue weighted by Gasteiger charge is -2.17. The van der Waals surface area contributed by atoms with Crippen molar-refractivity contribution in [2.45, 2.75) is 54.1 Å². The second kappa shape index (κ2) is 7.26. The number of nitrogens with zero attached hydrogens (tertiary/aromatic N) is 3. The third-order valence-electron chi connectivity index (χ3n) is 2.35. The zero-order chi connectivity index (χ0) is 15.2. The van der Waals surface area contributed by atoms with Crippen LogP contribution in [0, 0.1) is 5.41 Å². The topological polar surface area (TPSA) is 69.2 Å². The number of hydrogen-bond acceptors (Lipinski definition) is 6. The van der Waals surface area contributed by atoms with Gasteiger partial charge in [-0.15, -0.1) is 4.98 Å². The van der Waals surface area contributed by atoms with Gasteiger partial charge in [0.05, 0.1) is 12.7 Å². The largest absolute Gasteiger partial charge is 0.463 e. The molecule has 0 amide bonds. The minimum absolute atomic E-state index is 0.00861. The van der Waals surface area contributed by atoms with Gasteiger partial charge in [-0.3, -0.25) is 0 Å². The number of anilines is 1. The molecule has 6 heteroatoms. The SMILES string of the molecule is CCNc1nc(OCCC(C)(C)C)nc(OC(C)C)n1. The van der Waals surface area contributed by atoms with Crippen LogP contribution in [0.5, 0.6) is 12.0 Å².